The molecule has 0 fully saturated rings. The monoisotopic (exact) mass is 775 g/mol. The Morgan fingerprint density at radius 3 is 2.07 bits per heavy atom. The minimum absolute atomic E-state index is 0.644. The summed E-state index contributed by atoms with van der Waals surface area (Å²) in [4.78, 5) is 18.1. The molecule has 0 atom stereocenters. The highest BCUT2D eigenvalue weighted by Gasteiger charge is 2.27. The van der Waals surface area contributed by atoms with Gasteiger partial charge in [-0.25, -0.2) is 15.0 Å². The summed E-state index contributed by atoms with van der Waals surface area (Å²) in [7, 11) is 0. The van der Waals surface area contributed by atoms with Gasteiger partial charge in [0.1, 0.15) is 5.65 Å². The van der Waals surface area contributed by atoms with Gasteiger partial charge in [0.05, 0.1) is 16.7 Å². The SMILES string of the molecule is c1ccc(-c2nc(-c3ccc4ccc(-n5c6ccccc6c6c7cccc8c7n(c65)-c5ccccc5S8)cc4c3)nc(-c3cccc4sc5ccccc5c34)n2)cc1. The van der Waals surface area contributed by atoms with E-state index in [2.05, 4.69) is 167 Å². The first-order valence-electron chi connectivity index (χ1n) is 19.4. The third-order valence-electron chi connectivity index (χ3n) is 11.5. The predicted octanol–water partition coefficient (Wildman–Crippen LogP) is 13.9. The molecule has 0 aliphatic carbocycles. The normalized spacial score (nSPS) is 12.4. The molecule has 0 unspecified atom stereocenters. The van der Waals surface area contributed by atoms with Gasteiger partial charge in [-0.15, -0.1) is 11.3 Å². The fourth-order valence-electron chi connectivity index (χ4n) is 9.00. The summed E-state index contributed by atoms with van der Waals surface area (Å²) in [6.45, 7) is 0. The Hall–Kier alpha value is -7.06. The van der Waals surface area contributed by atoms with Crippen LogP contribution in [0, 0.1) is 0 Å². The van der Waals surface area contributed by atoms with Crippen LogP contribution in [-0.4, -0.2) is 24.1 Å². The third kappa shape index (κ3) is 4.63. The lowest BCUT2D eigenvalue weighted by atomic mass is 10.0. The Balaban J connectivity index is 1.04. The Labute approximate surface area is 340 Å². The molecule has 7 heteroatoms. The van der Waals surface area contributed by atoms with Crippen molar-refractivity contribution in [1.82, 2.24) is 24.1 Å². The van der Waals surface area contributed by atoms with Gasteiger partial charge in [0.25, 0.3) is 0 Å². The van der Waals surface area contributed by atoms with Gasteiger partial charge in [-0.2, -0.15) is 0 Å². The fraction of sp³-hybridized carbons (Fsp3) is 0. The molecule has 12 aromatic rings. The van der Waals surface area contributed by atoms with Crippen LogP contribution in [0.3, 0.4) is 0 Å². The molecule has 1 aliphatic rings. The molecule has 5 heterocycles. The summed E-state index contributed by atoms with van der Waals surface area (Å²) >= 11 is 3.66. The number of aromatic nitrogens is 5. The first-order valence-corrected chi connectivity index (χ1v) is 21.0. The molecule has 0 spiro atoms. The number of rotatable bonds is 4. The van der Waals surface area contributed by atoms with Gasteiger partial charge in [-0.05, 0) is 65.4 Å². The summed E-state index contributed by atoms with van der Waals surface area (Å²) in [5.74, 6) is 1.96. The highest BCUT2D eigenvalue weighted by molar-refractivity contribution is 7.99. The standard InChI is InChI=1S/C51H29N5S2/c1-2-12-31(13-3-1)48-52-49(54-50(53-48)38-17-11-22-43-45(38)36-15-5-8-20-41(36)57-43)32-25-24-30-26-27-34(29-33(30)28-32)55-39-18-6-4-14-35(39)46-37-16-10-23-44-47(37)56(51(46)55)40-19-7-9-21-42(40)58-44/h1-29H. The molecule has 0 N–H and O–H groups in total. The van der Waals surface area contributed by atoms with Crippen molar-refractivity contribution in [2.75, 3.05) is 0 Å². The topological polar surface area (TPSA) is 48.5 Å². The number of nitrogens with zero attached hydrogens (tertiary/aromatic N) is 5. The van der Waals surface area contributed by atoms with Crippen LogP contribution >= 0.6 is 23.1 Å². The second kappa shape index (κ2) is 12.2. The number of para-hydroxylation sites is 3. The third-order valence-corrected chi connectivity index (χ3v) is 13.8. The van der Waals surface area contributed by atoms with E-state index >= 15 is 0 Å². The minimum atomic E-state index is 0.644. The number of hydrogen-bond acceptors (Lipinski definition) is 5. The summed E-state index contributed by atoms with van der Waals surface area (Å²) in [6, 6.07) is 62.9. The summed E-state index contributed by atoms with van der Waals surface area (Å²) in [5, 5.41) is 8.46. The molecule has 0 amide bonds. The Kier molecular flexibility index (Phi) is 6.76. The van der Waals surface area contributed by atoms with Gasteiger partial charge in [0.2, 0.25) is 0 Å². The maximum atomic E-state index is 5.25. The molecule has 0 radical (unpaired) electrons. The van der Waals surface area contributed by atoms with Crippen LogP contribution in [-0.2, 0) is 0 Å². The van der Waals surface area contributed by atoms with E-state index in [-0.39, 0.29) is 0 Å². The van der Waals surface area contributed by atoms with Gasteiger partial charge in [-0.1, -0.05) is 133 Å². The molecule has 5 nitrogen and oxygen atoms in total. The highest BCUT2D eigenvalue weighted by Crippen LogP contribution is 2.49. The van der Waals surface area contributed by atoms with Crippen LogP contribution in [0.15, 0.2) is 186 Å². The van der Waals surface area contributed by atoms with Crippen LogP contribution < -0.4 is 0 Å². The largest absolute Gasteiger partial charge is 0.295 e. The first-order chi connectivity index (χ1) is 28.7. The fourth-order valence-corrected chi connectivity index (χ4v) is 11.2. The zero-order chi connectivity index (χ0) is 37.9. The molecular weight excluding hydrogens is 747 g/mol. The molecule has 8 aromatic carbocycles. The molecule has 1 aliphatic heterocycles. The van der Waals surface area contributed by atoms with Gasteiger partial charge < -0.3 is 0 Å². The lowest BCUT2D eigenvalue weighted by Crippen LogP contribution is -2.05. The quantitative estimate of drug-likeness (QED) is 0.179. The molecule has 13 rings (SSSR count). The van der Waals surface area contributed by atoms with E-state index in [9.17, 15) is 0 Å². The van der Waals surface area contributed by atoms with Crippen molar-refractivity contribution >= 4 is 86.9 Å². The van der Waals surface area contributed by atoms with Gasteiger partial charge in [-0.3, -0.25) is 9.13 Å². The van der Waals surface area contributed by atoms with E-state index < -0.39 is 0 Å². The number of hydrogen-bond donors (Lipinski definition) is 0. The molecule has 0 saturated heterocycles. The van der Waals surface area contributed by atoms with Crippen molar-refractivity contribution in [2.45, 2.75) is 9.79 Å². The second-order valence-corrected chi connectivity index (χ2v) is 17.0. The minimum Gasteiger partial charge on any atom is -0.295 e. The zero-order valence-electron chi connectivity index (χ0n) is 30.8. The summed E-state index contributed by atoms with van der Waals surface area (Å²) in [5.41, 5.74) is 8.84. The Morgan fingerprint density at radius 1 is 0.431 bits per heavy atom. The van der Waals surface area contributed by atoms with Crippen molar-refractivity contribution < 1.29 is 0 Å². The molecule has 58 heavy (non-hydrogen) atoms. The molecular formula is C51H29N5S2. The van der Waals surface area contributed by atoms with E-state index in [1.165, 1.54) is 68.5 Å². The van der Waals surface area contributed by atoms with Crippen LogP contribution in [0.4, 0.5) is 0 Å². The van der Waals surface area contributed by atoms with Crippen LogP contribution in [0.5, 0.6) is 0 Å². The lowest BCUT2D eigenvalue weighted by Gasteiger charge is -2.21. The van der Waals surface area contributed by atoms with Crippen molar-refractivity contribution in [3.05, 3.63) is 176 Å². The zero-order valence-corrected chi connectivity index (χ0v) is 32.4. The maximum Gasteiger partial charge on any atom is 0.164 e. The van der Waals surface area contributed by atoms with Gasteiger partial charge in [0.15, 0.2) is 17.5 Å². The van der Waals surface area contributed by atoms with Crippen molar-refractivity contribution in [1.29, 1.82) is 0 Å². The Morgan fingerprint density at radius 2 is 1.14 bits per heavy atom. The predicted molar refractivity (Wildman–Crippen MR) is 242 cm³/mol. The average molecular weight is 776 g/mol. The van der Waals surface area contributed by atoms with Gasteiger partial charge >= 0.3 is 0 Å². The number of fused-ring (bicyclic) bond motifs is 11. The average Bonchev–Trinajstić information content (AvgIpc) is 3.95. The van der Waals surface area contributed by atoms with E-state index in [1.807, 2.05) is 30.0 Å². The first kappa shape index (κ1) is 32.1. The lowest BCUT2D eigenvalue weighted by molar-refractivity contribution is 1.03. The second-order valence-electron chi connectivity index (χ2n) is 14.8. The van der Waals surface area contributed by atoms with E-state index in [0.717, 1.165) is 33.2 Å². The van der Waals surface area contributed by atoms with E-state index in [4.69, 9.17) is 15.0 Å². The Bertz CT molecular complexity index is 3670. The van der Waals surface area contributed by atoms with Crippen molar-refractivity contribution in [2.24, 2.45) is 0 Å². The molecule has 270 valence electrons. The maximum absolute atomic E-state index is 5.25. The summed E-state index contributed by atoms with van der Waals surface area (Å²) < 4.78 is 7.41. The van der Waals surface area contributed by atoms with Gasteiger partial charge in [0, 0.05) is 68.5 Å². The van der Waals surface area contributed by atoms with Crippen molar-refractivity contribution in [3.63, 3.8) is 0 Å². The number of thiophene rings is 1. The number of benzene rings is 8. The van der Waals surface area contributed by atoms with Crippen LogP contribution in [0.1, 0.15) is 0 Å². The highest BCUT2D eigenvalue weighted by atomic mass is 32.2. The molecule has 0 saturated carbocycles. The van der Waals surface area contributed by atoms with Crippen LogP contribution in [0.2, 0.25) is 0 Å². The van der Waals surface area contributed by atoms with E-state index in [0.29, 0.717) is 17.5 Å². The molecule has 0 bridgehead atoms. The summed E-state index contributed by atoms with van der Waals surface area (Å²) in [6.07, 6.45) is 0. The van der Waals surface area contributed by atoms with E-state index in [1.54, 1.807) is 11.3 Å². The van der Waals surface area contributed by atoms with Crippen molar-refractivity contribution in [3.8, 4) is 45.5 Å². The van der Waals surface area contributed by atoms with Crippen LogP contribution in [0.25, 0.3) is 109 Å². The molecule has 4 aromatic heterocycles. The smallest absolute Gasteiger partial charge is 0.164 e.